The van der Waals surface area contributed by atoms with E-state index in [1.165, 1.54) is 31.2 Å². The second-order valence-corrected chi connectivity index (χ2v) is 6.10. The Bertz CT molecular complexity index is 373. The molecule has 1 fully saturated rings. The van der Waals surface area contributed by atoms with E-state index in [1.54, 1.807) is 0 Å². The standard InChI is InChI=1S/C16H25ClN2/c1-3-4-16(11-18-15-9-10-15)19(2)12-13-5-7-14(17)8-6-13/h5-8,15-16,18H,3-4,9-12H2,1-2H3. The highest BCUT2D eigenvalue weighted by molar-refractivity contribution is 6.30. The molecule has 0 bridgehead atoms. The molecule has 2 nitrogen and oxygen atoms in total. The molecular formula is C16H25ClN2. The first-order valence-corrected chi connectivity index (χ1v) is 7.75. The molecule has 1 aromatic carbocycles. The van der Waals surface area contributed by atoms with Gasteiger partial charge in [0.1, 0.15) is 0 Å². The monoisotopic (exact) mass is 280 g/mol. The summed E-state index contributed by atoms with van der Waals surface area (Å²) in [6.45, 7) is 4.37. The van der Waals surface area contributed by atoms with Crippen LogP contribution >= 0.6 is 11.6 Å². The van der Waals surface area contributed by atoms with E-state index in [4.69, 9.17) is 11.6 Å². The van der Waals surface area contributed by atoms with Crippen LogP contribution in [0, 0.1) is 0 Å². The summed E-state index contributed by atoms with van der Waals surface area (Å²) in [6, 6.07) is 9.61. The fourth-order valence-electron chi connectivity index (χ4n) is 2.41. The molecule has 0 radical (unpaired) electrons. The number of rotatable bonds is 8. The zero-order chi connectivity index (χ0) is 13.7. The fraction of sp³-hybridized carbons (Fsp3) is 0.625. The lowest BCUT2D eigenvalue weighted by Crippen LogP contribution is -2.40. The van der Waals surface area contributed by atoms with Crippen LogP contribution in [-0.4, -0.2) is 30.6 Å². The molecule has 0 aliphatic heterocycles. The first-order valence-electron chi connectivity index (χ1n) is 7.37. The van der Waals surface area contributed by atoms with Crippen molar-refractivity contribution in [3.8, 4) is 0 Å². The normalized spacial score (nSPS) is 16.8. The summed E-state index contributed by atoms with van der Waals surface area (Å²) < 4.78 is 0. The van der Waals surface area contributed by atoms with Crippen molar-refractivity contribution in [2.24, 2.45) is 0 Å². The fourth-order valence-corrected chi connectivity index (χ4v) is 2.53. The van der Waals surface area contributed by atoms with Crippen LogP contribution in [0.15, 0.2) is 24.3 Å². The second-order valence-electron chi connectivity index (χ2n) is 5.67. The number of hydrogen-bond donors (Lipinski definition) is 1. The largest absolute Gasteiger partial charge is 0.312 e. The molecule has 3 heteroatoms. The minimum atomic E-state index is 0.626. The predicted octanol–water partition coefficient (Wildman–Crippen LogP) is 3.69. The zero-order valence-corrected chi connectivity index (χ0v) is 12.8. The predicted molar refractivity (Wildman–Crippen MR) is 82.6 cm³/mol. The highest BCUT2D eigenvalue weighted by atomic mass is 35.5. The van der Waals surface area contributed by atoms with Crippen LogP contribution in [0.4, 0.5) is 0 Å². The molecule has 106 valence electrons. The SMILES string of the molecule is CCCC(CNC1CC1)N(C)Cc1ccc(Cl)cc1. The van der Waals surface area contributed by atoms with Crippen molar-refractivity contribution in [3.63, 3.8) is 0 Å². The molecule has 2 rings (SSSR count). The van der Waals surface area contributed by atoms with Crippen molar-refractivity contribution < 1.29 is 0 Å². The highest BCUT2D eigenvalue weighted by Crippen LogP contribution is 2.19. The smallest absolute Gasteiger partial charge is 0.0406 e. The Labute approximate surface area is 122 Å². The van der Waals surface area contributed by atoms with E-state index in [1.807, 2.05) is 12.1 Å². The summed E-state index contributed by atoms with van der Waals surface area (Å²) in [7, 11) is 2.23. The van der Waals surface area contributed by atoms with Gasteiger partial charge in [-0.2, -0.15) is 0 Å². The van der Waals surface area contributed by atoms with Gasteiger partial charge in [-0.3, -0.25) is 4.90 Å². The molecule has 1 aromatic rings. The lowest BCUT2D eigenvalue weighted by atomic mass is 10.1. The third kappa shape index (κ3) is 5.13. The average Bonchev–Trinajstić information content (AvgIpc) is 3.21. The maximum atomic E-state index is 5.93. The zero-order valence-electron chi connectivity index (χ0n) is 12.0. The number of hydrogen-bond acceptors (Lipinski definition) is 2. The number of likely N-dealkylation sites (N-methyl/N-ethyl adjacent to an activating group) is 1. The lowest BCUT2D eigenvalue weighted by Gasteiger charge is -2.28. The molecule has 1 aliphatic rings. The average molecular weight is 281 g/mol. The third-order valence-electron chi connectivity index (χ3n) is 3.81. The van der Waals surface area contributed by atoms with Gasteiger partial charge in [0.15, 0.2) is 0 Å². The lowest BCUT2D eigenvalue weighted by molar-refractivity contribution is 0.214. The third-order valence-corrected chi connectivity index (χ3v) is 4.06. The molecular weight excluding hydrogens is 256 g/mol. The summed E-state index contributed by atoms with van der Waals surface area (Å²) in [4.78, 5) is 2.46. The van der Waals surface area contributed by atoms with Gasteiger partial charge in [-0.1, -0.05) is 37.1 Å². The van der Waals surface area contributed by atoms with Crippen LogP contribution in [-0.2, 0) is 6.54 Å². The Morgan fingerprint density at radius 3 is 2.58 bits per heavy atom. The molecule has 0 aromatic heterocycles. The van der Waals surface area contributed by atoms with Gasteiger partial charge in [-0.15, -0.1) is 0 Å². The van der Waals surface area contributed by atoms with Crippen molar-refractivity contribution >= 4 is 11.6 Å². The van der Waals surface area contributed by atoms with E-state index in [2.05, 4.69) is 36.3 Å². The van der Waals surface area contributed by atoms with Crippen LogP contribution in [0.1, 0.15) is 38.2 Å². The maximum Gasteiger partial charge on any atom is 0.0406 e. The van der Waals surface area contributed by atoms with Crippen molar-refractivity contribution in [1.29, 1.82) is 0 Å². The minimum absolute atomic E-state index is 0.626. The topological polar surface area (TPSA) is 15.3 Å². The van der Waals surface area contributed by atoms with E-state index in [9.17, 15) is 0 Å². The molecule has 0 heterocycles. The van der Waals surface area contributed by atoms with Crippen LogP contribution in [0.3, 0.4) is 0 Å². The molecule has 0 amide bonds. The van der Waals surface area contributed by atoms with E-state index < -0.39 is 0 Å². The molecule has 1 aliphatic carbocycles. The van der Waals surface area contributed by atoms with E-state index >= 15 is 0 Å². The van der Waals surface area contributed by atoms with Gasteiger partial charge >= 0.3 is 0 Å². The quantitative estimate of drug-likeness (QED) is 0.781. The van der Waals surface area contributed by atoms with E-state index in [-0.39, 0.29) is 0 Å². The number of nitrogens with zero attached hydrogens (tertiary/aromatic N) is 1. The number of halogens is 1. The van der Waals surface area contributed by atoms with Crippen LogP contribution in [0.5, 0.6) is 0 Å². The molecule has 0 saturated heterocycles. The van der Waals surface area contributed by atoms with Crippen molar-refractivity contribution in [2.75, 3.05) is 13.6 Å². The minimum Gasteiger partial charge on any atom is -0.312 e. The molecule has 1 atom stereocenters. The summed E-state index contributed by atoms with van der Waals surface area (Å²) in [5.74, 6) is 0. The molecule has 1 unspecified atom stereocenters. The van der Waals surface area contributed by atoms with Gasteiger partial charge in [0.2, 0.25) is 0 Å². The Hall–Kier alpha value is -0.570. The van der Waals surface area contributed by atoms with Crippen LogP contribution < -0.4 is 5.32 Å². The Kier molecular flexibility index (Phi) is 5.68. The van der Waals surface area contributed by atoms with Crippen molar-refractivity contribution in [1.82, 2.24) is 10.2 Å². The Morgan fingerprint density at radius 2 is 2.00 bits per heavy atom. The van der Waals surface area contributed by atoms with Crippen LogP contribution in [0.2, 0.25) is 5.02 Å². The second kappa shape index (κ2) is 7.28. The molecule has 0 spiro atoms. The van der Waals surface area contributed by atoms with Gasteiger partial charge in [0.05, 0.1) is 0 Å². The van der Waals surface area contributed by atoms with Gasteiger partial charge < -0.3 is 5.32 Å². The van der Waals surface area contributed by atoms with Crippen molar-refractivity contribution in [2.45, 2.75) is 51.2 Å². The van der Waals surface area contributed by atoms with Gasteiger partial charge in [0, 0.05) is 30.2 Å². The van der Waals surface area contributed by atoms with E-state index in [0.29, 0.717) is 6.04 Å². The molecule has 1 N–H and O–H groups in total. The maximum absolute atomic E-state index is 5.93. The van der Waals surface area contributed by atoms with Crippen molar-refractivity contribution in [3.05, 3.63) is 34.9 Å². The summed E-state index contributed by atoms with van der Waals surface area (Å²) in [5, 5.41) is 4.47. The first kappa shape index (κ1) is 14.8. The van der Waals surface area contributed by atoms with Crippen LogP contribution in [0.25, 0.3) is 0 Å². The first-order chi connectivity index (χ1) is 9.19. The summed E-state index contributed by atoms with van der Waals surface area (Å²) in [5.41, 5.74) is 1.33. The number of benzene rings is 1. The number of nitrogens with one attached hydrogen (secondary N) is 1. The summed E-state index contributed by atoms with van der Waals surface area (Å²) >= 11 is 5.93. The van der Waals surface area contributed by atoms with E-state index in [0.717, 1.165) is 24.2 Å². The Balaban J connectivity index is 1.85. The van der Waals surface area contributed by atoms with Gasteiger partial charge in [-0.25, -0.2) is 0 Å². The van der Waals surface area contributed by atoms with Gasteiger partial charge in [0.25, 0.3) is 0 Å². The Morgan fingerprint density at radius 1 is 1.32 bits per heavy atom. The molecule has 19 heavy (non-hydrogen) atoms. The molecule has 1 saturated carbocycles. The van der Waals surface area contributed by atoms with Gasteiger partial charge in [-0.05, 0) is 44.0 Å². The highest BCUT2D eigenvalue weighted by Gasteiger charge is 2.23. The summed E-state index contributed by atoms with van der Waals surface area (Å²) in [6.07, 6.45) is 5.21.